The molecular formula is C16H15FN4O2. The molecule has 0 saturated carbocycles. The predicted molar refractivity (Wildman–Crippen MR) is 81.0 cm³/mol. The topological polar surface area (TPSA) is 73.0 Å². The van der Waals surface area contributed by atoms with Gasteiger partial charge in [-0.15, -0.1) is 0 Å². The average Bonchev–Trinajstić information content (AvgIpc) is 3.15. The number of hydrogen-bond donors (Lipinski definition) is 1. The van der Waals surface area contributed by atoms with Crippen molar-refractivity contribution < 1.29 is 13.7 Å². The second-order valence-electron chi connectivity index (χ2n) is 5.14. The Kier molecular flexibility index (Phi) is 3.92. The van der Waals surface area contributed by atoms with Crippen molar-refractivity contribution in [1.82, 2.24) is 20.0 Å². The molecule has 118 valence electrons. The van der Waals surface area contributed by atoms with E-state index in [2.05, 4.69) is 15.5 Å². The molecule has 1 N–H and O–H groups in total. The Hall–Kier alpha value is -2.96. The van der Waals surface area contributed by atoms with Crippen molar-refractivity contribution in [2.75, 3.05) is 0 Å². The minimum atomic E-state index is -0.454. The van der Waals surface area contributed by atoms with Gasteiger partial charge in [-0.1, -0.05) is 5.16 Å². The van der Waals surface area contributed by atoms with Gasteiger partial charge in [0.1, 0.15) is 5.82 Å². The highest BCUT2D eigenvalue weighted by Crippen LogP contribution is 2.16. The Morgan fingerprint density at radius 3 is 2.65 bits per heavy atom. The monoisotopic (exact) mass is 314 g/mol. The van der Waals surface area contributed by atoms with Crippen molar-refractivity contribution in [2.24, 2.45) is 7.05 Å². The summed E-state index contributed by atoms with van der Waals surface area (Å²) in [5, 5.41) is 6.47. The van der Waals surface area contributed by atoms with Crippen LogP contribution in [0.15, 0.2) is 40.9 Å². The van der Waals surface area contributed by atoms with E-state index >= 15 is 0 Å². The number of carbonyl (C=O) groups is 1. The summed E-state index contributed by atoms with van der Waals surface area (Å²) in [6, 6.07) is 9.55. The third kappa shape index (κ3) is 3.13. The number of carbonyl (C=O) groups excluding carboxylic acids is 1. The zero-order valence-corrected chi connectivity index (χ0v) is 12.7. The number of rotatable bonds is 4. The molecule has 0 aliphatic rings. The molecule has 0 atom stereocenters. The molecule has 2 heterocycles. The highest BCUT2D eigenvalue weighted by atomic mass is 19.1. The molecule has 0 bridgehead atoms. The maximum absolute atomic E-state index is 12.9. The minimum Gasteiger partial charge on any atom is -0.350 e. The van der Waals surface area contributed by atoms with E-state index in [0.29, 0.717) is 12.1 Å². The van der Waals surface area contributed by atoms with E-state index < -0.39 is 5.91 Å². The smallest absolute Gasteiger partial charge is 0.316 e. The third-order valence-corrected chi connectivity index (χ3v) is 3.63. The van der Waals surface area contributed by atoms with E-state index in [1.807, 2.05) is 30.7 Å². The van der Waals surface area contributed by atoms with Crippen LogP contribution in [-0.2, 0) is 13.6 Å². The number of nitrogens with zero attached hydrogens (tertiary/aromatic N) is 3. The van der Waals surface area contributed by atoms with Crippen LogP contribution in [0.2, 0.25) is 0 Å². The fourth-order valence-electron chi connectivity index (χ4n) is 2.12. The van der Waals surface area contributed by atoms with Gasteiger partial charge in [-0.25, -0.2) is 4.39 Å². The number of benzene rings is 1. The quantitative estimate of drug-likeness (QED) is 0.803. The first-order chi connectivity index (χ1) is 11.0. The van der Waals surface area contributed by atoms with Crippen molar-refractivity contribution in [3.05, 3.63) is 59.5 Å². The molecule has 0 unspecified atom stereocenters. The summed E-state index contributed by atoms with van der Waals surface area (Å²) in [7, 11) is 1.93. The lowest BCUT2D eigenvalue weighted by atomic mass is 10.2. The molecule has 23 heavy (non-hydrogen) atoms. The van der Waals surface area contributed by atoms with Gasteiger partial charge >= 0.3 is 11.8 Å². The van der Waals surface area contributed by atoms with Gasteiger partial charge in [0, 0.05) is 24.0 Å². The van der Waals surface area contributed by atoms with Gasteiger partial charge in [-0.05, 0) is 43.3 Å². The lowest BCUT2D eigenvalue weighted by Gasteiger charge is -2.05. The van der Waals surface area contributed by atoms with Gasteiger partial charge in [0.25, 0.3) is 0 Å². The van der Waals surface area contributed by atoms with Crippen LogP contribution in [0.1, 0.15) is 22.1 Å². The Morgan fingerprint density at radius 1 is 1.26 bits per heavy atom. The number of hydrogen-bond acceptors (Lipinski definition) is 4. The number of amides is 1. The third-order valence-electron chi connectivity index (χ3n) is 3.63. The van der Waals surface area contributed by atoms with Gasteiger partial charge in [-0.3, -0.25) is 4.79 Å². The molecule has 0 fully saturated rings. The van der Waals surface area contributed by atoms with Crippen LogP contribution in [-0.4, -0.2) is 20.6 Å². The lowest BCUT2D eigenvalue weighted by Crippen LogP contribution is -2.24. The van der Waals surface area contributed by atoms with Gasteiger partial charge in [0.2, 0.25) is 5.82 Å². The van der Waals surface area contributed by atoms with E-state index in [4.69, 9.17) is 4.52 Å². The first-order valence-corrected chi connectivity index (χ1v) is 7.03. The minimum absolute atomic E-state index is 0.129. The van der Waals surface area contributed by atoms with Gasteiger partial charge in [0.15, 0.2) is 0 Å². The number of halogens is 1. The molecule has 0 saturated heterocycles. The second kappa shape index (κ2) is 6.04. The van der Waals surface area contributed by atoms with Crippen molar-refractivity contribution in [1.29, 1.82) is 0 Å². The SMILES string of the molecule is Cc1ccc(CNC(=O)c2nc(-c3ccc(F)cc3)no2)n1C. The normalized spacial score (nSPS) is 10.7. The van der Waals surface area contributed by atoms with Gasteiger partial charge in [0.05, 0.1) is 6.54 Å². The number of aromatic nitrogens is 3. The molecular weight excluding hydrogens is 299 g/mol. The molecule has 0 spiro atoms. The second-order valence-corrected chi connectivity index (χ2v) is 5.14. The van der Waals surface area contributed by atoms with Crippen LogP contribution >= 0.6 is 0 Å². The summed E-state index contributed by atoms with van der Waals surface area (Å²) in [6.45, 7) is 2.34. The first-order valence-electron chi connectivity index (χ1n) is 7.03. The molecule has 1 amide bonds. The van der Waals surface area contributed by atoms with E-state index in [9.17, 15) is 9.18 Å². The molecule has 2 aromatic heterocycles. The Labute approximate surface area is 131 Å². The van der Waals surface area contributed by atoms with Gasteiger partial charge in [-0.2, -0.15) is 4.98 Å². The molecule has 6 nitrogen and oxygen atoms in total. The van der Waals surface area contributed by atoms with E-state index in [1.54, 1.807) is 0 Å². The van der Waals surface area contributed by atoms with Gasteiger partial charge < -0.3 is 14.4 Å². The largest absolute Gasteiger partial charge is 0.350 e. The summed E-state index contributed by atoms with van der Waals surface area (Å²) in [4.78, 5) is 16.1. The lowest BCUT2D eigenvalue weighted by molar-refractivity contribution is 0.0906. The number of nitrogens with one attached hydrogen (secondary N) is 1. The van der Waals surface area contributed by atoms with Crippen LogP contribution in [0.3, 0.4) is 0 Å². The van der Waals surface area contributed by atoms with E-state index in [1.165, 1.54) is 24.3 Å². The molecule has 3 rings (SSSR count). The maximum atomic E-state index is 12.9. The van der Waals surface area contributed by atoms with Crippen LogP contribution in [0.5, 0.6) is 0 Å². The van der Waals surface area contributed by atoms with Crippen molar-refractivity contribution in [3.63, 3.8) is 0 Å². The molecule has 3 aromatic rings. The van der Waals surface area contributed by atoms with Crippen molar-refractivity contribution >= 4 is 5.91 Å². The summed E-state index contributed by atoms with van der Waals surface area (Å²) < 4.78 is 19.8. The number of aryl methyl sites for hydroxylation is 1. The van der Waals surface area contributed by atoms with Crippen LogP contribution < -0.4 is 5.32 Å². The maximum Gasteiger partial charge on any atom is 0.316 e. The first kappa shape index (κ1) is 15.0. The molecule has 0 aliphatic heterocycles. The molecule has 0 aliphatic carbocycles. The fourth-order valence-corrected chi connectivity index (χ4v) is 2.12. The van der Waals surface area contributed by atoms with Crippen LogP contribution in [0, 0.1) is 12.7 Å². The van der Waals surface area contributed by atoms with Crippen LogP contribution in [0.4, 0.5) is 4.39 Å². The van der Waals surface area contributed by atoms with Crippen LogP contribution in [0.25, 0.3) is 11.4 Å². The highest BCUT2D eigenvalue weighted by Gasteiger charge is 2.16. The standard InChI is InChI=1S/C16H15FN4O2/c1-10-3-8-13(21(10)2)9-18-15(22)16-19-14(20-23-16)11-4-6-12(17)7-5-11/h3-8H,9H2,1-2H3,(H,18,22). The Morgan fingerprint density at radius 2 is 2.00 bits per heavy atom. The average molecular weight is 314 g/mol. The zero-order chi connectivity index (χ0) is 16.4. The Balaban J connectivity index is 1.69. The van der Waals surface area contributed by atoms with E-state index in [0.717, 1.165) is 11.4 Å². The highest BCUT2D eigenvalue weighted by molar-refractivity contribution is 5.89. The molecule has 0 radical (unpaired) electrons. The zero-order valence-electron chi connectivity index (χ0n) is 12.7. The van der Waals surface area contributed by atoms with Crippen molar-refractivity contribution in [2.45, 2.75) is 13.5 Å². The summed E-state index contributed by atoms with van der Waals surface area (Å²) in [6.07, 6.45) is 0. The Bertz CT molecular complexity index is 836. The molecule has 7 heteroatoms. The van der Waals surface area contributed by atoms with Crippen molar-refractivity contribution in [3.8, 4) is 11.4 Å². The molecule has 1 aromatic carbocycles. The summed E-state index contributed by atoms with van der Waals surface area (Å²) in [5.74, 6) is -0.696. The summed E-state index contributed by atoms with van der Waals surface area (Å²) in [5.41, 5.74) is 2.65. The fraction of sp³-hybridized carbons (Fsp3) is 0.188. The van der Waals surface area contributed by atoms with E-state index in [-0.39, 0.29) is 17.5 Å². The predicted octanol–water partition coefficient (Wildman–Crippen LogP) is 2.45. The summed E-state index contributed by atoms with van der Waals surface area (Å²) >= 11 is 0.